The van der Waals surface area contributed by atoms with Gasteiger partial charge in [-0.05, 0) is 23.8 Å². The maximum absolute atomic E-state index is 11.9. The fourth-order valence-electron chi connectivity index (χ4n) is 2.50. The molecule has 0 amide bonds. The molecule has 0 saturated heterocycles. The Morgan fingerprint density at radius 3 is 2.59 bits per heavy atom. The summed E-state index contributed by atoms with van der Waals surface area (Å²) in [5, 5.41) is 0. The maximum Gasteiger partial charge on any atom is 0.338 e. The number of carbonyl (C=O) groups is 1. The molecule has 1 aromatic heterocycles. The molecule has 0 aliphatic heterocycles. The van der Waals surface area contributed by atoms with Gasteiger partial charge in [0.15, 0.2) is 0 Å². The molecule has 1 heterocycles. The van der Waals surface area contributed by atoms with Gasteiger partial charge in [0.25, 0.3) is 6.01 Å². The number of para-hydroxylation sites is 2. The van der Waals surface area contributed by atoms with Crippen LogP contribution in [0.5, 0.6) is 6.01 Å². The zero-order valence-corrected chi connectivity index (χ0v) is 12.4. The third-order valence-electron chi connectivity index (χ3n) is 3.55. The number of rotatable bonds is 4. The fraction of sp³-hybridized carbons (Fsp3) is 0.176. The molecule has 112 valence electrons. The first kappa shape index (κ1) is 14.1. The largest absolute Gasteiger partial charge is 0.468 e. The summed E-state index contributed by atoms with van der Waals surface area (Å²) in [4.78, 5) is 16.3. The van der Waals surface area contributed by atoms with Gasteiger partial charge in [0, 0.05) is 0 Å². The monoisotopic (exact) mass is 296 g/mol. The number of carbonyl (C=O) groups excluding carboxylic acids is 1. The van der Waals surface area contributed by atoms with Crippen LogP contribution in [0.2, 0.25) is 0 Å². The molecule has 5 heteroatoms. The number of nitrogens with zero attached hydrogens (tertiary/aromatic N) is 2. The number of imidazole rings is 1. The van der Waals surface area contributed by atoms with Crippen LogP contribution < -0.4 is 4.74 Å². The predicted molar refractivity (Wildman–Crippen MR) is 83.2 cm³/mol. The van der Waals surface area contributed by atoms with Crippen LogP contribution in [0, 0.1) is 0 Å². The summed E-state index contributed by atoms with van der Waals surface area (Å²) in [6, 6.07) is 15.7. The Morgan fingerprint density at radius 1 is 1.09 bits per heavy atom. The van der Waals surface area contributed by atoms with Crippen molar-refractivity contribution in [1.29, 1.82) is 0 Å². The Morgan fingerprint density at radius 2 is 1.82 bits per heavy atom. The third-order valence-corrected chi connectivity index (χ3v) is 3.55. The molecule has 2 aromatic carbocycles. The van der Waals surface area contributed by atoms with Crippen LogP contribution >= 0.6 is 0 Å². The number of benzene rings is 2. The molecule has 0 radical (unpaired) electrons. The molecular formula is C17H16N2O3. The lowest BCUT2D eigenvalue weighted by Gasteiger charge is -2.11. The van der Waals surface area contributed by atoms with E-state index >= 15 is 0 Å². The van der Waals surface area contributed by atoms with Crippen LogP contribution in [0.1, 0.15) is 15.9 Å². The minimum Gasteiger partial charge on any atom is -0.468 e. The summed E-state index contributed by atoms with van der Waals surface area (Å²) in [6.07, 6.45) is 0. The molecule has 22 heavy (non-hydrogen) atoms. The summed E-state index contributed by atoms with van der Waals surface area (Å²) >= 11 is 0. The highest BCUT2D eigenvalue weighted by Crippen LogP contribution is 2.23. The summed E-state index contributed by atoms with van der Waals surface area (Å²) in [5.41, 5.74) is 3.22. The Hall–Kier alpha value is -2.82. The molecule has 0 saturated carbocycles. The Bertz CT molecular complexity index is 824. The Balaban J connectivity index is 2.09. The first-order chi connectivity index (χ1) is 10.7. The number of hydrogen-bond acceptors (Lipinski definition) is 4. The van der Waals surface area contributed by atoms with Crippen molar-refractivity contribution in [2.24, 2.45) is 0 Å². The summed E-state index contributed by atoms with van der Waals surface area (Å²) in [6.45, 7) is 0.481. The number of hydrogen-bond donors (Lipinski definition) is 0. The molecule has 0 N–H and O–H groups in total. The van der Waals surface area contributed by atoms with Gasteiger partial charge in [-0.1, -0.05) is 30.3 Å². The van der Waals surface area contributed by atoms with E-state index in [9.17, 15) is 4.79 Å². The molecule has 0 aliphatic carbocycles. The Labute approximate surface area is 128 Å². The lowest BCUT2D eigenvalue weighted by molar-refractivity contribution is 0.0599. The van der Waals surface area contributed by atoms with Gasteiger partial charge >= 0.3 is 5.97 Å². The number of aromatic nitrogens is 2. The lowest BCUT2D eigenvalue weighted by Crippen LogP contribution is -2.09. The number of esters is 1. The van der Waals surface area contributed by atoms with E-state index in [-0.39, 0.29) is 5.97 Å². The highest BCUT2D eigenvalue weighted by molar-refractivity contribution is 5.91. The zero-order valence-electron chi connectivity index (χ0n) is 12.4. The number of fused-ring (bicyclic) bond motifs is 1. The van der Waals surface area contributed by atoms with E-state index < -0.39 is 0 Å². The summed E-state index contributed by atoms with van der Waals surface area (Å²) < 4.78 is 12.2. The van der Waals surface area contributed by atoms with Gasteiger partial charge in [-0.2, -0.15) is 4.98 Å². The summed E-state index contributed by atoms with van der Waals surface area (Å²) in [7, 11) is 2.97. The van der Waals surface area contributed by atoms with E-state index in [4.69, 9.17) is 9.47 Å². The van der Waals surface area contributed by atoms with Crippen molar-refractivity contribution in [3.05, 3.63) is 59.7 Å². The average Bonchev–Trinajstić information content (AvgIpc) is 2.92. The van der Waals surface area contributed by atoms with Gasteiger partial charge in [0.1, 0.15) is 0 Å². The molecule has 0 atom stereocenters. The maximum atomic E-state index is 11.9. The molecule has 0 bridgehead atoms. The standard InChI is InChI=1S/C17H16N2O3/c1-21-16(20)13-8-4-3-7-12(13)11-19-15-10-6-5-9-14(15)18-17(19)22-2/h3-10H,11H2,1-2H3. The van der Waals surface area contributed by atoms with Gasteiger partial charge in [0.05, 0.1) is 37.4 Å². The van der Waals surface area contributed by atoms with E-state index in [0.717, 1.165) is 16.6 Å². The van der Waals surface area contributed by atoms with Crippen LogP contribution in [-0.2, 0) is 11.3 Å². The summed E-state index contributed by atoms with van der Waals surface area (Å²) in [5.74, 6) is -0.348. The van der Waals surface area contributed by atoms with Crippen molar-refractivity contribution in [1.82, 2.24) is 9.55 Å². The van der Waals surface area contributed by atoms with Crippen LogP contribution in [0.4, 0.5) is 0 Å². The molecule has 0 unspecified atom stereocenters. The van der Waals surface area contributed by atoms with E-state index in [1.54, 1.807) is 13.2 Å². The van der Waals surface area contributed by atoms with Crippen LogP contribution in [0.15, 0.2) is 48.5 Å². The molecule has 3 rings (SSSR count). The second kappa shape index (κ2) is 5.89. The molecule has 0 aliphatic rings. The van der Waals surface area contributed by atoms with Crippen LogP contribution in [0.25, 0.3) is 11.0 Å². The molecule has 3 aromatic rings. The van der Waals surface area contributed by atoms with E-state index in [1.807, 2.05) is 47.0 Å². The quantitative estimate of drug-likeness (QED) is 0.695. The van der Waals surface area contributed by atoms with Crippen molar-refractivity contribution in [2.45, 2.75) is 6.54 Å². The van der Waals surface area contributed by atoms with Crippen molar-refractivity contribution in [3.63, 3.8) is 0 Å². The number of ether oxygens (including phenoxy) is 2. The molecule has 0 spiro atoms. The molecule has 5 nitrogen and oxygen atoms in total. The second-order valence-corrected chi connectivity index (χ2v) is 4.82. The average molecular weight is 296 g/mol. The van der Waals surface area contributed by atoms with Gasteiger partial charge in [-0.3, -0.25) is 4.57 Å². The highest BCUT2D eigenvalue weighted by atomic mass is 16.5. The van der Waals surface area contributed by atoms with Crippen molar-refractivity contribution >= 4 is 17.0 Å². The van der Waals surface area contributed by atoms with Gasteiger partial charge in [-0.25, -0.2) is 4.79 Å². The van der Waals surface area contributed by atoms with Gasteiger partial charge < -0.3 is 9.47 Å². The van der Waals surface area contributed by atoms with Crippen molar-refractivity contribution in [2.75, 3.05) is 14.2 Å². The smallest absolute Gasteiger partial charge is 0.338 e. The molecule has 0 fully saturated rings. The Kier molecular flexibility index (Phi) is 3.78. The molecular weight excluding hydrogens is 280 g/mol. The first-order valence-electron chi connectivity index (χ1n) is 6.90. The van der Waals surface area contributed by atoms with Gasteiger partial charge in [-0.15, -0.1) is 0 Å². The SMILES string of the molecule is COC(=O)c1ccccc1Cn1c(OC)nc2ccccc21. The third kappa shape index (κ3) is 2.41. The number of methoxy groups -OCH3 is 2. The van der Waals surface area contributed by atoms with Crippen molar-refractivity contribution < 1.29 is 14.3 Å². The van der Waals surface area contributed by atoms with Gasteiger partial charge in [0.2, 0.25) is 0 Å². The second-order valence-electron chi connectivity index (χ2n) is 4.82. The lowest BCUT2D eigenvalue weighted by atomic mass is 10.1. The van der Waals surface area contributed by atoms with E-state index in [2.05, 4.69) is 4.98 Å². The van der Waals surface area contributed by atoms with Crippen LogP contribution in [-0.4, -0.2) is 29.7 Å². The minimum absolute atomic E-state index is 0.348. The van der Waals surface area contributed by atoms with Crippen molar-refractivity contribution in [3.8, 4) is 6.01 Å². The highest BCUT2D eigenvalue weighted by Gasteiger charge is 2.15. The normalized spacial score (nSPS) is 10.6. The predicted octanol–water partition coefficient (Wildman–Crippen LogP) is 2.88. The van der Waals surface area contributed by atoms with Crippen LogP contribution in [0.3, 0.4) is 0 Å². The zero-order chi connectivity index (χ0) is 15.5. The van der Waals surface area contributed by atoms with E-state index in [0.29, 0.717) is 18.1 Å². The minimum atomic E-state index is -0.348. The topological polar surface area (TPSA) is 53.4 Å². The van der Waals surface area contributed by atoms with E-state index in [1.165, 1.54) is 7.11 Å². The fourth-order valence-corrected chi connectivity index (χ4v) is 2.50. The first-order valence-corrected chi connectivity index (χ1v) is 6.90.